The third-order valence-electron chi connectivity index (χ3n) is 4.56. The lowest BCUT2D eigenvalue weighted by Gasteiger charge is -2.35. The van der Waals surface area contributed by atoms with Crippen molar-refractivity contribution in [3.05, 3.63) is 53.0 Å². The van der Waals surface area contributed by atoms with Gasteiger partial charge in [0, 0.05) is 32.7 Å². The van der Waals surface area contributed by atoms with Gasteiger partial charge in [0.2, 0.25) is 5.89 Å². The van der Waals surface area contributed by atoms with E-state index < -0.39 is 6.10 Å². The average Bonchev–Trinajstić information content (AvgIpc) is 2.87. The second-order valence-electron chi connectivity index (χ2n) is 6.40. The van der Waals surface area contributed by atoms with Crippen molar-refractivity contribution in [1.29, 1.82) is 0 Å². The lowest BCUT2D eigenvalue weighted by molar-refractivity contribution is 0.0669. The fourth-order valence-corrected chi connectivity index (χ4v) is 2.99. The Hall–Kier alpha value is -1.76. The van der Waals surface area contributed by atoms with Crippen LogP contribution in [0.5, 0.6) is 0 Å². The third-order valence-corrected chi connectivity index (χ3v) is 4.56. The Morgan fingerprint density at radius 2 is 1.92 bits per heavy atom. The molecule has 0 radical (unpaired) electrons. The van der Waals surface area contributed by atoms with Gasteiger partial charge in [-0.25, -0.2) is 9.37 Å². The Bertz CT molecular complexity index is 661. The number of nitrogens with zero attached hydrogens (tertiary/aromatic N) is 3. The van der Waals surface area contributed by atoms with Crippen LogP contribution in [0.2, 0.25) is 0 Å². The zero-order valence-corrected chi connectivity index (χ0v) is 14.2. The minimum absolute atomic E-state index is 0.312. The summed E-state index contributed by atoms with van der Waals surface area (Å²) in [6.07, 6.45) is -0.663. The number of halogens is 1. The molecule has 1 aromatic heterocycles. The molecule has 6 heteroatoms. The SMILES string of the molecule is Cc1nc(CN2CCN(CC(O)c3cccc(F)c3)CC2)oc1C. The van der Waals surface area contributed by atoms with Crippen molar-refractivity contribution in [3.8, 4) is 0 Å². The number of β-amino-alcohol motifs (C(OH)–C–C–N with tert-alkyl or cyclic N) is 1. The van der Waals surface area contributed by atoms with Gasteiger partial charge in [-0.05, 0) is 31.5 Å². The highest BCUT2D eigenvalue weighted by Gasteiger charge is 2.21. The van der Waals surface area contributed by atoms with E-state index in [2.05, 4.69) is 14.8 Å². The van der Waals surface area contributed by atoms with Crippen molar-refractivity contribution < 1.29 is 13.9 Å². The summed E-state index contributed by atoms with van der Waals surface area (Å²) in [6, 6.07) is 6.18. The Morgan fingerprint density at radius 1 is 1.21 bits per heavy atom. The molecule has 1 saturated heterocycles. The lowest BCUT2D eigenvalue weighted by atomic mass is 10.1. The van der Waals surface area contributed by atoms with E-state index in [1.807, 2.05) is 13.8 Å². The van der Waals surface area contributed by atoms with Gasteiger partial charge in [-0.1, -0.05) is 12.1 Å². The van der Waals surface area contributed by atoms with Gasteiger partial charge in [-0.3, -0.25) is 9.80 Å². The van der Waals surface area contributed by atoms with Crippen LogP contribution in [0.25, 0.3) is 0 Å². The number of aliphatic hydroxyl groups is 1. The zero-order valence-electron chi connectivity index (χ0n) is 14.2. The molecule has 0 saturated carbocycles. The number of aliphatic hydroxyl groups excluding tert-OH is 1. The summed E-state index contributed by atoms with van der Waals surface area (Å²) >= 11 is 0. The minimum Gasteiger partial charge on any atom is -0.444 e. The van der Waals surface area contributed by atoms with E-state index in [0.717, 1.165) is 50.1 Å². The second-order valence-corrected chi connectivity index (χ2v) is 6.40. The van der Waals surface area contributed by atoms with Gasteiger partial charge in [0.15, 0.2) is 0 Å². The van der Waals surface area contributed by atoms with E-state index in [0.29, 0.717) is 12.1 Å². The lowest BCUT2D eigenvalue weighted by Crippen LogP contribution is -2.47. The van der Waals surface area contributed by atoms with E-state index in [4.69, 9.17) is 4.42 Å². The number of benzene rings is 1. The normalized spacial score (nSPS) is 18.0. The first kappa shape index (κ1) is 17.1. The highest BCUT2D eigenvalue weighted by atomic mass is 19.1. The Morgan fingerprint density at radius 3 is 2.54 bits per heavy atom. The summed E-state index contributed by atoms with van der Waals surface area (Å²) in [6.45, 7) is 8.65. The molecule has 2 aromatic rings. The first-order valence-corrected chi connectivity index (χ1v) is 8.32. The molecule has 0 amide bonds. The third kappa shape index (κ3) is 4.20. The molecule has 1 unspecified atom stereocenters. The number of aryl methyl sites for hydroxylation is 2. The molecule has 1 aliphatic rings. The first-order valence-electron chi connectivity index (χ1n) is 8.32. The van der Waals surface area contributed by atoms with E-state index in [9.17, 15) is 9.50 Å². The average molecular weight is 333 g/mol. The molecule has 2 heterocycles. The molecule has 0 aliphatic carbocycles. The van der Waals surface area contributed by atoms with Gasteiger partial charge < -0.3 is 9.52 Å². The molecule has 3 rings (SSSR count). The van der Waals surface area contributed by atoms with Crippen LogP contribution in [0, 0.1) is 19.7 Å². The predicted octanol–water partition coefficient (Wildman–Crippen LogP) is 2.28. The second kappa shape index (κ2) is 7.42. The number of oxazole rings is 1. The topological polar surface area (TPSA) is 52.7 Å². The highest BCUT2D eigenvalue weighted by Crippen LogP contribution is 2.17. The van der Waals surface area contributed by atoms with Gasteiger partial charge in [0.05, 0.1) is 18.3 Å². The molecule has 130 valence electrons. The quantitative estimate of drug-likeness (QED) is 0.910. The smallest absolute Gasteiger partial charge is 0.208 e. The van der Waals surface area contributed by atoms with Crippen LogP contribution in [0.15, 0.2) is 28.7 Å². The standard InChI is InChI=1S/C18H24FN3O2/c1-13-14(2)24-18(20-13)12-22-8-6-21(7-9-22)11-17(23)15-4-3-5-16(19)10-15/h3-5,10,17,23H,6-9,11-12H2,1-2H3. The maximum atomic E-state index is 13.2. The van der Waals surface area contributed by atoms with Crippen molar-refractivity contribution in [2.75, 3.05) is 32.7 Å². The van der Waals surface area contributed by atoms with E-state index in [-0.39, 0.29) is 5.82 Å². The molecule has 1 atom stereocenters. The van der Waals surface area contributed by atoms with E-state index in [1.165, 1.54) is 12.1 Å². The summed E-state index contributed by atoms with van der Waals surface area (Å²) in [5, 5.41) is 10.3. The molecular formula is C18H24FN3O2. The number of aromatic nitrogens is 1. The summed E-state index contributed by atoms with van der Waals surface area (Å²) in [5.74, 6) is 1.33. The molecule has 5 nitrogen and oxygen atoms in total. The first-order chi connectivity index (χ1) is 11.5. The highest BCUT2D eigenvalue weighted by molar-refractivity contribution is 5.19. The van der Waals surface area contributed by atoms with Crippen LogP contribution in [0.3, 0.4) is 0 Å². The van der Waals surface area contributed by atoms with Crippen LogP contribution in [0.1, 0.15) is 29.0 Å². The van der Waals surface area contributed by atoms with Gasteiger partial charge >= 0.3 is 0 Å². The summed E-state index contributed by atoms with van der Waals surface area (Å²) < 4.78 is 18.9. The molecule has 1 aromatic carbocycles. The monoisotopic (exact) mass is 333 g/mol. The van der Waals surface area contributed by atoms with Crippen LogP contribution < -0.4 is 0 Å². The van der Waals surface area contributed by atoms with Crippen molar-refractivity contribution in [3.63, 3.8) is 0 Å². The van der Waals surface area contributed by atoms with Gasteiger partial charge in [0.25, 0.3) is 0 Å². The maximum Gasteiger partial charge on any atom is 0.208 e. The fraction of sp³-hybridized carbons (Fsp3) is 0.500. The van der Waals surface area contributed by atoms with Crippen LogP contribution >= 0.6 is 0 Å². The van der Waals surface area contributed by atoms with Gasteiger partial charge in [-0.2, -0.15) is 0 Å². The zero-order chi connectivity index (χ0) is 17.1. The maximum absolute atomic E-state index is 13.2. The van der Waals surface area contributed by atoms with Crippen LogP contribution in [0.4, 0.5) is 4.39 Å². The van der Waals surface area contributed by atoms with Crippen molar-refractivity contribution in [2.45, 2.75) is 26.5 Å². The van der Waals surface area contributed by atoms with Crippen LogP contribution in [-0.4, -0.2) is 52.6 Å². The van der Waals surface area contributed by atoms with E-state index >= 15 is 0 Å². The predicted molar refractivity (Wildman–Crippen MR) is 89.1 cm³/mol. The van der Waals surface area contributed by atoms with E-state index in [1.54, 1.807) is 12.1 Å². The van der Waals surface area contributed by atoms with Gasteiger partial charge in [-0.15, -0.1) is 0 Å². The van der Waals surface area contributed by atoms with Crippen molar-refractivity contribution in [1.82, 2.24) is 14.8 Å². The Labute approximate surface area is 141 Å². The number of rotatable bonds is 5. The molecular weight excluding hydrogens is 309 g/mol. The summed E-state index contributed by atoms with van der Waals surface area (Å²) in [7, 11) is 0. The molecule has 0 spiro atoms. The molecule has 0 bridgehead atoms. The van der Waals surface area contributed by atoms with Crippen molar-refractivity contribution >= 4 is 0 Å². The number of hydrogen-bond acceptors (Lipinski definition) is 5. The Kier molecular flexibility index (Phi) is 5.28. The summed E-state index contributed by atoms with van der Waals surface area (Å²) in [4.78, 5) is 8.93. The largest absolute Gasteiger partial charge is 0.444 e. The Balaban J connectivity index is 1.48. The number of hydrogen-bond donors (Lipinski definition) is 1. The molecule has 24 heavy (non-hydrogen) atoms. The molecule has 1 N–H and O–H groups in total. The number of piperazine rings is 1. The van der Waals surface area contributed by atoms with Crippen molar-refractivity contribution in [2.24, 2.45) is 0 Å². The van der Waals surface area contributed by atoms with Gasteiger partial charge in [0.1, 0.15) is 11.6 Å². The molecule has 1 fully saturated rings. The molecule has 1 aliphatic heterocycles. The summed E-state index contributed by atoms with van der Waals surface area (Å²) in [5.41, 5.74) is 1.57. The fourth-order valence-electron chi connectivity index (χ4n) is 2.99. The van der Waals surface area contributed by atoms with Crippen LogP contribution in [-0.2, 0) is 6.54 Å². The minimum atomic E-state index is -0.663.